The predicted octanol–water partition coefficient (Wildman–Crippen LogP) is 3.56. The summed E-state index contributed by atoms with van der Waals surface area (Å²) in [7, 11) is 0. The number of esters is 2. The Bertz CT molecular complexity index is 488. The van der Waals surface area contributed by atoms with Crippen LogP contribution in [-0.4, -0.2) is 25.2 Å². The van der Waals surface area contributed by atoms with Gasteiger partial charge in [0.05, 0.1) is 24.5 Å². The van der Waals surface area contributed by atoms with E-state index >= 15 is 0 Å². The van der Waals surface area contributed by atoms with Gasteiger partial charge in [-0.1, -0.05) is 37.3 Å². The van der Waals surface area contributed by atoms with Crippen LogP contribution in [0.2, 0.25) is 0 Å². The minimum absolute atomic E-state index is 0.0294. The van der Waals surface area contributed by atoms with Gasteiger partial charge in [0.2, 0.25) is 0 Å². The average molecular weight is 306 g/mol. The van der Waals surface area contributed by atoms with E-state index in [1.165, 1.54) is 0 Å². The van der Waals surface area contributed by atoms with Crippen LogP contribution >= 0.6 is 0 Å². The van der Waals surface area contributed by atoms with Crippen molar-refractivity contribution in [1.82, 2.24) is 0 Å². The normalized spacial score (nSPS) is 14.0. The van der Waals surface area contributed by atoms with Crippen molar-refractivity contribution < 1.29 is 19.1 Å². The third-order valence-electron chi connectivity index (χ3n) is 3.27. The maximum atomic E-state index is 12.0. The quantitative estimate of drug-likeness (QED) is 0.754. The Morgan fingerprint density at radius 1 is 1.00 bits per heavy atom. The van der Waals surface area contributed by atoms with Crippen LogP contribution in [0.3, 0.4) is 0 Å². The van der Waals surface area contributed by atoms with E-state index in [1.807, 2.05) is 65.0 Å². The lowest BCUT2D eigenvalue weighted by Gasteiger charge is -2.19. The summed E-state index contributed by atoms with van der Waals surface area (Å²) in [5.41, 5.74) is 0.414. The molecular formula is C18H26O4. The molecule has 0 spiro atoms. The predicted molar refractivity (Wildman–Crippen MR) is 85.4 cm³/mol. The first-order valence-electron chi connectivity index (χ1n) is 7.60. The smallest absolute Gasteiger partial charge is 0.313 e. The van der Waals surface area contributed by atoms with Gasteiger partial charge < -0.3 is 9.47 Å². The zero-order chi connectivity index (χ0) is 16.8. The van der Waals surface area contributed by atoms with E-state index in [-0.39, 0.29) is 37.0 Å². The molecule has 0 saturated carbocycles. The summed E-state index contributed by atoms with van der Waals surface area (Å²) in [5.74, 6) is -0.840. The van der Waals surface area contributed by atoms with Crippen LogP contribution in [0.1, 0.15) is 46.1 Å². The number of carbonyl (C=O) groups is 2. The molecule has 0 heterocycles. The van der Waals surface area contributed by atoms with E-state index < -0.39 is 5.41 Å². The first-order valence-corrected chi connectivity index (χ1v) is 7.60. The topological polar surface area (TPSA) is 52.6 Å². The summed E-state index contributed by atoms with van der Waals surface area (Å²) in [6.45, 7) is 9.62. The van der Waals surface area contributed by atoms with Crippen LogP contribution in [0.4, 0.5) is 0 Å². The number of ether oxygens (including phenoxy) is 2. The van der Waals surface area contributed by atoms with Gasteiger partial charge in [-0.05, 0) is 33.3 Å². The van der Waals surface area contributed by atoms with Gasteiger partial charge in [-0.25, -0.2) is 0 Å². The fourth-order valence-electron chi connectivity index (χ4n) is 1.71. The fourth-order valence-corrected chi connectivity index (χ4v) is 1.71. The number of benzene rings is 1. The highest BCUT2D eigenvalue weighted by Crippen LogP contribution is 2.18. The SMILES string of the molecule is CC(COC(=O)C(C)c1ccccc1)COC(=O)C(C)(C)C. The van der Waals surface area contributed by atoms with E-state index in [4.69, 9.17) is 9.47 Å². The average Bonchev–Trinajstić information content (AvgIpc) is 2.49. The third-order valence-corrected chi connectivity index (χ3v) is 3.27. The van der Waals surface area contributed by atoms with E-state index in [2.05, 4.69) is 0 Å². The van der Waals surface area contributed by atoms with E-state index in [0.717, 1.165) is 5.56 Å². The second-order valence-electron chi connectivity index (χ2n) is 6.72. The number of rotatable bonds is 6. The molecule has 0 amide bonds. The standard InChI is InChI=1S/C18H26O4/c1-13(12-22-17(20)18(3,4)5)11-21-16(19)14(2)15-9-7-6-8-10-15/h6-10,13-14H,11-12H2,1-5H3. The maximum absolute atomic E-state index is 12.0. The molecule has 22 heavy (non-hydrogen) atoms. The molecular weight excluding hydrogens is 280 g/mol. The minimum Gasteiger partial charge on any atom is -0.465 e. The van der Waals surface area contributed by atoms with E-state index in [0.29, 0.717) is 0 Å². The molecule has 4 heteroatoms. The molecule has 0 saturated heterocycles. The van der Waals surface area contributed by atoms with E-state index in [1.54, 1.807) is 0 Å². The second kappa shape index (κ2) is 7.97. The first-order chi connectivity index (χ1) is 10.2. The summed E-state index contributed by atoms with van der Waals surface area (Å²) < 4.78 is 10.5. The maximum Gasteiger partial charge on any atom is 0.313 e. The molecule has 0 fully saturated rings. The molecule has 122 valence electrons. The van der Waals surface area contributed by atoms with Crippen molar-refractivity contribution in [3.8, 4) is 0 Å². The van der Waals surface area contributed by atoms with Crippen LogP contribution in [0.25, 0.3) is 0 Å². The molecule has 1 aromatic rings. The van der Waals surface area contributed by atoms with Crippen LogP contribution in [-0.2, 0) is 19.1 Å². The molecule has 1 aromatic carbocycles. The largest absolute Gasteiger partial charge is 0.465 e. The van der Waals surface area contributed by atoms with Crippen molar-refractivity contribution in [2.45, 2.75) is 40.5 Å². The Morgan fingerprint density at radius 3 is 2.09 bits per heavy atom. The molecule has 0 bridgehead atoms. The van der Waals surface area contributed by atoms with Gasteiger partial charge in [-0.3, -0.25) is 9.59 Å². The molecule has 0 aliphatic heterocycles. The Balaban J connectivity index is 2.36. The summed E-state index contributed by atoms with van der Waals surface area (Å²) in [4.78, 5) is 23.7. The molecule has 0 N–H and O–H groups in total. The Labute approximate surface area is 132 Å². The highest BCUT2D eigenvalue weighted by atomic mass is 16.5. The van der Waals surface area contributed by atoms with Crippen molar-refractivity contribution in [3.63, 3.8) is 0 Å². The lowest BCUT2D eigenvalue weighted by Crippen LogP contribution is -2.26. The number of hydrogen-bond acceptors (Lipinski definition) is 4. The van der Waals surface area contributed by atoms with Gasteiger partial charge in [-0.2, -0.15) is 0 Å². The van der Waals surface area contributed by atoms with Gasteiger partial charge in [0.15, 0.2) is 0 Å². The summed E-state index contributed by atoms with van der Waals surface area (Å²) in [6, 6.07) is 9.51. The summed E-state index contributed by atoms with van der Waals surface area (Å²) in [6.07, 6.45) is 0. The van der Waals surface area contributed by atoms with Crippen LogP contribution in [0.5, 0.6) is 0 Å². The summed E-state index contributed by atoms with van der Waals surface area (Å²) >= 11 is 0. The molecule has 2 atom stereocenters. The molecule has 0 aliphatic carbocycles. The van der Waals surface area contributed by atoms with Crippen molar-refractivity contribution >= 4 is 11.9 Å². The zero-order valence-electron chi connectivity index (χ0n) is 14.1. The number of carbonyl (C=O) groups excluding carboxylic acids is 2. The van der Waals surface area contributed by atoms with Gasteiger partial charge in [0.25, 0.3) is 0 Å². The molecule has 2 unspecified atom stereocenters. The first kappa shape index (κ1) is 18.2. The van der Waals surface area contributed by atoms with Crippen molar-refractivity contribution in [3.05, 3.63) is 35.9 Å². The zero-order valence-corrected chi connectivity index (χ0v) is 14.1. The third kappa shape index (κ3) is 5.88. The van der Waals surface area contributed by atoms with Crippen LogP contribution in [0, 0.1) is 11.3 Å². The highest BCUT2D eigenvalue weighted by Gasteiger charge is 2.24. The highest BCUT2D eigenvalue weighted by molar-refractivity contribution is 5.77. The van der Waals surface area contributed by atoms with Crippen molar-refractivity contribution in [2.24, 2.45) is 11.3 Å². The monoisotopic (exact) mass is 306 g/mol. The van der Waals surface area contributed by atoms with Crippen LogP contribution < -0.4 is 0 Å². The minimum atomic E-state index is -0.516. The van der Waals surface area contributed by atoms with Gasteiger partial charge >= 0.3 is 11.9 Å². The molecule has 0 aromatic heterocycles. The molecule has 0 radical (unpaired) electrons. The molecule has 1 rings (SSSR count). The van der Waals surface area contributed by atoms with Gasteiger partial charge in [0.1, 0.15) is 0 Å². The lowest BCUT2D eigenvalue weighted by atomic mass is 9.97. The number of hydrogen-bond donors (Lipinski definition) is 0. The Morgan fingerprint density at radius 2 is 1.55 bits per heavy atom. The second-order valence-corrected chi connectivity index (χ2v) is 6.72. The van der Waals surface area contributed by atoms with Crippen molar-refractivity contribution in [2.75, 3.05) is 13.2 Å². The molecule has 0 aliphatic rings. The lowest BCUT2D eigenvalue weighted by molar-refractivity contribution is -0.155. The van der Waals surface area contributed by atoms with Crippen LogP contribution in [0.15, 0.2) is 30.3 Å². The van der Waals surface area contributed by atoms with E-state index in [9.17, 15) is 9.59 Å². The van der Waals surface area contributed by atoms with Gasteiger partial charge in [0, 0.05) is 5.92 Å². The van der Waals surface area contributed by atoms with Crippen molar-refractivity contribution in [1.29, 1.82) is 0 Å². The Kier molecular flexibility index (Phi) is 6.60. The molecule has 4 nitrogen and oxygen atoms in total. The Hall–Kier alpha value is -1.84. The summed E-state index contributed by atoms with van der Waals surface area (Å²) in [5, 5.41) is 0. The van der Waals surface area contributed by atoms with Gasteiger partial charge in [-0.15, -0.1) is 0 Å². The fraction of sp³-hybridized carbons (Fsp3) is 0.556.